The smallest absolute Gasteiger partial charge is 0.339 e. The number of rotatable bonds is 5. The van der Waals surface area contributed by atoms with Gasteiger partial charge in [-0.15, -0.1) is 16.4 Å². The van der Waals surface area contributed by atoms with E-state index >= 15 is 0 Å². The molecular formula is C14H17N3O2S. The number of aromatic carboxylic acids is 1. The van der Waals surface area contributed by atoms with E-state index in [9.17, 15) is 9.90 Å². The second-order valence-electron chi connectivity index (χ2n) is 4.51. The lowest BCUT2D eigenvalue weighted by molar-refractivity contribution is 0.0696. The average molecular weight is 291 g/mol. The summed E-state index contributed by atoms with van der Waals surface area (Å²) in [4.78, 5) is 14.6. The number of nitrogens with zero attached hydrogens (tertiary/aromatic N) is 3. The van der Waals surface area contributed by atoms with Gasteiger partial charge in [-0.25, -0.2) is 4.79 Å². The van der Waals surface area contributed by atoms with E-state index in [1.165, 1.54) is 4.88 Å². The Bertz CT molecular complexity index is 611. The normalized spacial score (nSPS) is 10.6. The topological polar surface area (TPSA) is 66.3 Å². The summed E-state index contributed by atoms with van der Waals surface area (Å²) in [6, 6.07) is 4.01. The van der Waals surface area contributed by atoms with Crippen LogP contribution in [-0.4, -0.2) is 27.8 Å². The molecule has 6 heteroatoms. The van der Waals surface area contributed by atoms with Crippen LogP contribution in [0.3, 0.4) is 0 Å². The minimum Gasteiger partial charge on any atom is -0.478 e. The van der Waals surface area contributed by atoms with Gasteiger partial charge in [0.05, 0.1) is 12.2 Å². The molecule has 0 radical (unpaired) electrons. The highest BCUT2D eigenvalue weighted by Crippen LogP contribution is 2.24. The summed E-state index contributed by atoms with van der Waals surface area (Å²) >= 11 is 1.65. The molecule has 2 heterocycles. The number of carboxylic acid groups (broad SMARTS) is 1. The molecule has 0 amide bonds. The highest BCUT2D eigenvalue weighted by atomic mass is 32.1. The molecule has 0 bridgehead atoms. The van der Waals surface area contributed by atoms with Crippen LogP contribution in [0.4, 0.5) is 5.82 Å². The minimum absolute atomic E-state index is 0.246. The van der Waals surface area contributed by atoms with Crippen LogP contribution in [-0.2, 0) is 6.54 Å². The molecule has 0 unspecified atom stereocenters. The first-order valence-corrected chi connectivity index (χ1v) is 7.27. The van der Waals surface area contributed by atoms with Gasteiger partial charge in [0, 0.05) is 11.4 Å². The van der Waals surface area contributed by atoms with Crippen molar-refractivity contribution >= 4 is 23.1 Å². The fraction of sp³-hybridized carbons (Fsp3) is 0.357. The zero-order valence-electron chi connectivity index (χ0n) is 11.8. The predicted octanol–water partition coefficient (Wildman–Crippen LogP) is 2.88. The second kappa shape index (κ2) is 6.00. The number of thiophene rings is 1. The van der Waals surface area contributed by atoms with Crippen molar-refractivity contribution in [3.8, 4) is 0 Å². The molecule has 0 spiro atoms. The third-order valence-electron chi connectivity index (χ3n) is 3.26. The summed E-state index contributed by atoms with van der Waals surface area (Å²) in [7, 11) is 0. The van der Waals surface area contributed by atoms with Crippen molar-refractivity contribution in [3.05, 3.63) is 39.2 Å². The van der Waals surface area contributed by atoms with Gasteiger partial charge in [-0.2, -0.15) is 5.10 Å². The molecule has 0 atom stereocenters. The SMILES string of the molecule is CCN(Cc1cccs1)c1nnc(C)c(C)c1C(=O)O. The number of carboxylic acids is 1. The van der Waals surface area contributed by atoms with Gasteiger partial charge in [-0.1, -0.05) is 6.07 Å². The first-order chi connectivity index (χ1) is 9.54. The van der Waals surface area contributed by atoms with E-state index in [1.54, 1.807) is 25.2 Å². The number of anilines is 1. The Kier molecular flexibility index (Phi) is 4.34. The lowest BCUT2D eigenvalue weighted by Gasteiger charge is -2.23. The summed E-state index contributed by atoms with van der Waals surface area (Å²) in [5, 5.41) is 19.6. The van der Waals surface area contributed by atoms with Crippen LogP contribution in [0.1, 0.15) is 33.4 Å². The molecule has 0 aromatic carbocycles. The Morgan fingerprint density at radius 1 is 1.40 bits per heavy atom. The molecule has 0 saturated heterocycles. The van der Waals surface area contributed by atoms with Gasteiger partial charge < -0.3 is 10.0 Å². The average Bonchev–Trinajstić information content (AvgIpc) is 2.91. The number of carbonyl (C=O) groups is 1. The molecule has 0 aliphatic rings. The van der Waals surface area contributed by atoms with E-state index in [0.717, 1.165) is 0 Å². The van der Waals surface area contributed by atoms with Crippen molar-refractivity contribution in [2.24, 2.45) is 0 Å². The molecule has 20 heavy (non-hydrogen) atoms. The fourth-order valence-electron chi connectivity index (χ4n) is 2.00. The molecule has 1 N–H and O–H groups in total. The van der Waals surface area contributed by atoms with Crippen LogP contribution >= 0.6 is 11.3 Å². The molecule has 0 aliphatic heterocycles. The van der Waals surface area contributed by atoms with Gasteiger partial charge in [-0.05, 0) is 37.8 Å². The lowest BCUT2D eigenvalue weighted by atomic mass is 10.1. The maximum Gasteiger partial charge on any atom is 0.339 e. The minimum atomic E-state index is -0.958. The molecule has 2 aromatic rings. The zero-order chi connectivity index (χ0) is 14.7. The predicted molar refractivity (Wildman–Crippen MR) is 79.5 cm³/mol. The number of hydrogen-bond acceptors (Lipinski definition) is 5. The number of hydrogen-bond donors (Lipinski definition) is 1. The van der Waals surface area contributed by atoms with Crippen molar-refractivity contribution in [3.63, 3.8) is 0 Å². The summed E-state index contributed by atoms with van der Waals surface area (Å²) in [6.07, 6.45) is 0. The van der Waals surface area contributed by atoms with Crippen molar-refractivity contribution in [2.75, 3.05) is 11.4 Å². The monoisotopic (exact) mass is 291 g/mol. The van der Waals surface area contributed by atoms with E-state index in [4.69, 9.17) is 0 Å². The van der Waals surface area contributed by atoms with Crippen LogP contribution in [0.25, 0.3) is 0 Å². The maximum atomic E-state index is 11.5. The number of aromatic nitrogens is 2. The second-order valence-corrected chi connectivity index (χ2v) is 5.54. The van der Waals surface area contributed by atoms with E-state index in [2.05, 4.69) is 10.2 Å². The first kappa shape index (κ1) is 14.5. The Labute approximate surface area is 121 Å². The third-order valence-corrected chi connectivity index (χ3v) is 4.12. The largest absolute Gasteiger partial charge is 0.478 e. The molecule has 0 fully saturated rings. The summed E-state index contributed by atoms with van der Waals surface area (Å²) < 4.78 is 0. The van der Waals surface area contributed by atoms with Crippen molar-refractivity contribution < 1.29 is 9.90 Å². The van der Waals surface area contributed by atoms with Gasteiger partial charge in [0.25, 0.3) is 0 Å². The summed E-state index contributed by atoms with van der Waals surface area (Å²) in [5.74, 6) is -0.517. The van der Waals surface area contributed by atoms with Gasteiger partial charge in [0.1, 0.15) is 5.56 Å². The van der Waals surface area contributed by atoms with Crippen molar-refractivity contribution in [1.82, 2.24) is 10.2 Å². The van der Waals surface area contributed by atoms with Crippen LogP contribution < -0.4 is 4.90 Å². The zero-order valence-corrected chi connectivity index (χ0v) is 12.6. The Balaban J connectivity index is 2.44. The fourth-order valence-corrected chi connectivity index (χ4v) is 2.72. The first-order valence-electron chi connectivity index (χ1n) is 6.39. The third kappa shape index (κ3) is 2.80. The summed E-state index contributed by atoms with van der Waals surface area (Å²) in [6.45, 7) is 6.85. The Morgan fingerprint density at radius 2 is 2.15 bits per heavy atom. The van der Waals surface area contributed by atoms with Crippen molar-refractivity contribution in [1.29, 1.82) is 0 Å². The Morgan fingerprint density at radius 3 is 2.70 bits per heavy atom. The number of aryl methyl sites for hydroxylation is 1. The molecule has 0 aliphatic carbocycles. The van der Waals surface area contributed by atoms with Gasteiger partial charge >= 0.3 is 5.97 Å². The standard InChI is InChI=1S/C14H17N3O2S/c1-4-17(8-11-6-5-7-20-11)13-12(14(18)19)9(2)10(3)15-16-13/h5-7H,4,8H2,1-3H3,(H,18,19). The highest BCUT2D eigenvalue weighted by molar-refractivity contribution is 7.09. The molecule has 106 valence electrons. The van der Waals surface area contributed by atoms with E-state index < -0.39 is 5.97 Å². The quantitative estimate of drug-likeness (QED) is 0.917. The van der Waals surface area contributed by atoms with Crippen LogP contribution in [0, 0.1) is 13.8 Å². The molecule has 5 nitrogen and oxygen atoms in total. The molecule has 2 aromatic heterocycles. The van der Waals surface area contributed by atoms with Crippen molar-refractivity contribution in [2.45, 2.75) is 27.3 Å². The van der Waals surface area contributed by atoms with Gasteiger partial charge in [0.2, 0.25) is 0 Å². The van der Waals surface area contributed by atoms with Crippen LogP contribution in [0.5, 0.6) is 0 Å². The molecule has 0 saturated carbocycles. The molecule has 2 rings (SSSR count). The van der Waals surface area contributed by atoms with E-state index in [1.807, 2.05) is 29.3 Å². The van der Waals surface area contributed by atoms with Crippen LogP contribution in [0.15, 0.2) is 17.5 Å². The molecular weight excluding hydrogens is 274 g/mol. The van der Waals surface area contributed by atoms with Gasteiger partial charge in [0.15, 0.2) is 5.82 Å². The summed E-state index contributed by atoms with van der Waals surface area (Å²) in [5.41, 5.74) is 1.57. The van der Waals surface area contributed by atoms with E-state index in [-0.39, 0.29) is 5.56 Å². The maximum absolute atomic E-state index is 11.5. The van der Waals surface area contributed by atoms with Crippen LogP contribution in [0.2, 0.25) is 0 Å². The highest BCUT2D eigenvalue weighted by Gasteiger charge is 2.21. The van der Waals surface area contributed by atoms with Gasteiger partial charge in [-0.3, -0.25) is 0 Å². The Hall–Kier alpha value is -1.95. The van der Waals surface area contributed by atoms with E-state index in [0.29, 0.717) is 30.2 Å². The lowest BCUT2D eigenvalue weighted by Crippen LogP contribution is -2.26.